The van der Waals surface area contributed by atoms with Crippen molar-refractivity contribution < 1.29 is 28.8 Å². The lowest BCUT2D eigenvalue weighted by atomic mass is 9.77. The van der Waals surface area contributed by atoms with E-state index in [0.29, 0.717) is 38.0 Å². The number of rotatable bonds is 17. The first-order valence-electron chi connectivity index (χ1n) is 20.0. The van der Waals surface area contributed by atoms with Gasteiger partial charge in [0, 0.05) is 65.8 Å². The van der Waals surface area contributed by atoms with Gasteiger partial charge in [-0.05, 0) is 74.3 Å². The monoisotopic (exact) mass is 773 g/mol. The van der Waals surface area contributed by atoms with Crippen molar-refractivity contribution in [2.75, 3.05) is 19.6 Å². The third kappa shape index (κ3) is 11.2. The topological polar surface area (TPSA) is 196 Å². The van der Waals surface area contributed by atoms with E-state index in [1.54, 1.807) is 13.0 Å². The number of hydrogen-bond donors (Lipinski definition) is 6. The minimum absolute atomic E-state index is 0.0217. The predicted octanol–water partition coefficient (Wildman–Crippen LogP) is 4.13. The highest BCUT2D eigenvalue weighted by atomic mass is 16.2. The molecule has 3 atom stereocenters. The maximum Gasteiger partial charge on any atom is 0.253 e. The van der Waals surface area contributed by atoms with Crippen LogP contribution in [0.3, 0.4) is 0 Å². The lowest BCUT2D eigenvalue weighted by Crippen LogP contribution is -2.61. The van der Waals surface area contributed by atoms with Crippen molar-refractivity contribution >= 4 is 46.3 Å². The summed E-state index contributed by atoms with van der Waals surface area (Å²) in [5, 5.41) is 12.9. The smallest absolute Gasteiger partial charge is 0.253 e. The maximum absolute atomic E-state index is 13.8. The van der Waals surface area contributed by atoms with E-state index in [9.17, 15) is 28.8 Å². The number of nitrogens with zero attached hydrogens (tertiary/aromatic N) is 1. The maximum atomic E-state index is 13.8. The highest BCUT2D eigenvalue weighted by Gasteiger charge is 2.40. The van der Waals surface area contributed by atoms with E-state index >= 15 is 0 Å². The van der Waals surface area contributed by atoms with Gasteiger partial charge in [0.1, 0.15) is 6.04 Å². The molecule has 1 aromatic carbocycles. The Bertz CT molecular complexity index is 1790. The highest BCUT2D eigenvalue weighted by molar-refractivity contribution is 6.12. The number of amides is 6. The van der Waals surface area contributed by atoms with Crippen molar-refractivity contribution in [3.63, 3.8) is 0 Å². The second kappa shape index (κ2) is 18.9. The SMILES string of the molecule is C/C(=C\[C@@H](NC(=O)[C@@H](NC(=O)[C@@H](N)C(C)(C)c1c[nH]c2ccccc12)C(C)(C)C)C(C)C)C(=O)NCCCCNC(=O)[C@H]1CC[C@H](CN2C(=O)C=CC2=O)CC1. The van der Waals surface area contributed by atoms with E-state index in [-0.39, 0.29) is 47.3 Å². The fourth-order valence-corrected chi connectivity index (χ4v) is 7.42. The minimum Gasteiger partial charge on any atom is -0.361 e. The molecule has 0 spiro atoms. The van der Waals surface area contributed by atoms with E-state index < -0.39 is 34.9 Å². The van der Waals surface area contributed by atoms with Crippen LogP contribution >= 0.6 is 0 Å². The number of benzene rings is 1. The first-order valence-corrected chi connectivity index (χ1v) is 20.0. The zero-order chi connectivity index (χ0) is 41.4. The average molecular weight is 774 g/mol. The van der Waals surface area contributed by atoms with Crippen molar-refractivity contribution in [2.45, 2.75) is 117 Å². The molecule has 306 valence electrons. The molecule has 0 saturated heterocycles. The van der Waals surface area contributed by atoms with Crippen molar-refractivity contribution in [2.24, 2.45) is 28.9 Å². The molecule has 1 fully saturated rings. The van der Waals surface area contributed by atoms with E-state index in [0.717, 1.165) is 42.1 Å². The molecule has 13 heteroatoms. The summed E-state index contributed by atoms with van der Waals surface area (Å²) >= 11 is 0. The van der Waals surface area contributed by atoms with Crippen molar-refractivity contribution in [1.82, 2.24) is 31.2 Å². The molecule has 0 radical (unpaired) electrons. The van der Waals surface area contributed by atoms with Crippen LogP contribution in [-0.2, 0) is 34.2 Å². The van der Waals surface area contributed by atoms with Gasteiger partial charge in [0.25, 0.3) is 11.8 Å². The van der Waals surface area contributed by atoms with Crippen LogP contribution in [-0.4, -0.2) is 83.1 Å². The molecule has 1 aliphatic carbocycles. The number of nitrogens with two attached hydrogens (primary N) is 1. The number of hydrogen-bond acceptors (Lipinski definition) is 7. The van der Waals surface area contributed by atoms with Crippen LogP contribution in [0.5, 0.6) is 0 Å². The largest absolute Gasteiger partial charge is 0.361 e. The summed E-state index contributed by atoms with van der Waals surface area (Å²) in [5.41, 5.74) is 7.55. The van der Waals surface area contributed by atoms with Gasteiger partial charge in [0.15, 0.2) is 0 Å². The standard InChI is InChI=1S/C43H63N7O6/c1-26(2)33(48-41(56)37(42(4,5)6)49-40(55)36(44)43(7,8)31-24-47-32-14-10-9-13-30(31)32)23-27(3)38(53)45-21-11-12-22-46-39(54)29-17-15-28(16-18-29)25-50-34(51)19-20-35(50)52/h9-10,13-14,19-20,23-24,26,28-29,33,36-37,47H,11-12,15-18,21-22,25,44H2,1-8H3,(H,45,53)(H,46,54)(H,48,56)(H,49,55)/b27-23+/t28-,29-,33-,36-,37-/m1/s1. The molecule has 7 N–H and O–H groups in total. The molecule has 2 aliphatic rings. The molecule has 1 aromatic heterocycles. The Morgan fingerprint density at radius 2 is 1.50 bits per heavy atom. The molecule has 1 saturated carbocycles. The summed E-state index contributed by atoms with van der Waals surface area (Å²) in [6.45, 7) is 16.4. The van der Waals surface area contributed by atoms with Gasteiger partial charge in [-0.1, -0.05) is 72.7 Å². The van der Waals surface area contributed by atoms with Crippen LogP contribution in [0.1, 0.15) is 99.5 Å². The summed E-state index contributed by atoms with van der Waals surface area (Å²) in [6, 6.07) is 5.53. The van der Waals surface area contributed by atoms with Gasteiger partial charge >= 0.3 is 0 Å². The molecule has 4 rings (SSSR count). The first kappa shape index (κ1) is 43.9. The third-order valence-corrected chi connectivity index (χ3v) is 11.3. The Morgan fingerprint density at radius 3 is 2.11 bits per heavy atom. The first-order chi connectivity index (χ1) is 26.3. The van der Waals surface area contributed by atoms with Crippen molar-refractivity contribution in [3.05, 3.63) is 59.8 Å². The Balaban J connectivity index is 1.21. The molecule has 56 heavy (non-hydrogen) atoms. The average Bonchev–Trinajstić information content (AvgIpc) is 3.73. The lowest BCUT2D eigenvalue weighted by molar-refractivity contribution is -0.138. The fourth-order valence-electron chi connectivity index (χ4n) is 7.42. The summed E-state index contributed by atoms with van der Waals surface area (Å²) in [5.74, 6) is -1.46. The van der Waals surface area contributed by atoms with E-state index in [2.05, 4.69) is 26.3 Å². The number of fused-ring (bicyclic) bond motifs is 1. The van der Waals surface area contributed by atoms with Crippen molar-refractivity contribution in [3.8, 4) is 0 Å². The molecule has 13 nitrogen and oxygen atoms in total. The van der Waals surface area contributed by atoms with Crippen LogP contribution in [0.15, 0.2) is 54.3 Å². The number of carbonyl (C=O) groups excluding carboxylic acids is 6. The Hall–Kier alpha value is -4.78. The summed E-state index contributed by atoms with van der Waals surface area (Å²) in [4.78, 5) is 81.5. The number of H-pyrrole nitrogens is 1. The number of nitrogens with one attached hydrogen (secondary N) is 5. The van der Waals surface area contributed by atoms with Gasteiger partial charge < -0.3 is 32.0 Å². The number of aromatic amines is 1. The summed E-state index contributed by atoms with van der Waals surface area (Å²) in [7, 11) is 0. The minimum atomic E-state index is -0.945. The second-order valence-electron chi connectivity index (χ2n) is 17.5. The lowest BCUT2D eigenvalue weighted by Gasteiger charge is -2.36. The van der Waals surface area contributed by atoms with Crippen molar-refractivity contribution in [1.29, 1.82) is 0 Å². The number of carbonyl (C=O) groups is 6. The number of aromatic nitrogens is 1. The zero-order valence-electron chi connectivity index (χ0n) is 34.4. The Labute approximate surface area is 331 Å². The van der Waals surface area contributed by atoms with Gasteiger partial charge in [-0.3, -0.25) is 33.7 Å². The van der Waals surface area contributed by atoms with Crippen LogP contribution in [0.25, 0.3) is 10.9 Å². The van der Waals surface area contributed by atoms with Crippen LogP contribution in [0.2, 0.25) is 0 Å². The molecular weight excluding hydrogens is 711 g/mol. The molecule has 2 aromatic rings. The molecule has 2 heterocycles. The van der Waals surface area contributed by atoms with E-state index in [4.69, 9.17) is 5.73 Å². The van der Waals surface area contributed by atoms with E-state index in [1.807, 2.05) is 78.9 Å². The zero-order valence-corrected chi connectivity index (χ0v) is 34.4. The Morgan fingerprint density at radius 1 is 0.893 bits per heavy atom. The predicted molar refractivity (Wildman–Crippen MR) is 218 cm³/mol. The summed E-state index contributed by atoms with van der Waals surface area (Å²) in [6.07, 6.45) is 10.6. The van der Waals surface area contributed by atoms with Crippen LogP contribution < -0.4 is 27.0 Å². The molecule has 1 aliphatic heterocycles. The number of imide groups is 1. The number of unbranched alkanes of at least 4 members (excludes halogenated alkanes) is 1. The summed E-state index contributed by atoms with van der Waals surface area (Å²) < 4.78 is 0. The third-order valence-electron chi connectivity index (χ3n) is 11.3. The molecule has 0 bridgehead atoms. The Kier molecular flexibility index (Phi) is 14.8. The van der Waals surface area contributed by atoms with Crippen LogP contribution in [0, 0.1) is 23.2 Å². The normalized spacial score (nSPS) is 19.5. The van der Waals surface area contributed by atoms with Gasteiger partial charge in [-0.2, -0.15) is 0 Å². The highest BCUT2D eigenvalue weighted by Crippen LogP contribution is 2.33. The molecule has 0 unspecified atom stereocenters. The van der Waals surface area contributed by atoms with Gasteiger partial charge in [0.05, 0.1) is 12.1 Å². The van der Waals surface area contributed by atoms with Gasteiger partial charge in [-0.25, -0.2) is 0 Å². The second-order valence-corrected chi connectivity index (χ2v) is 17.5. The molecular formula is C43H63N7O6. The van der Waals surface area contributed by atoms with Gasteiger partial charge in [-0.15, -0.1) is 0 Å². The number of para-hydroxylation sites is 1. The fraction of sp³-hybridized carbons (Fsp3) is 0.581. The molecule has 6 amide bonds. The van der Waals surface area contributed by atoms with Crippen LogP contribution in [0.4, 0.5) is 0 Å². The van der Waals surface area contributed by atoms with E-state index in [1.165, 1.54) is 17.1 Å². The van der Waals surface area contributed by atoms with Gasteiger partial charge in [0.2, 0.25) is 23.6 Å². The quantitative estimate of drug-likeness (QED) is 0.0790.